The molecular weight excluding hydrogens is 320 g/mol. The number of nitrogens with two attached hydrogens (primary N) is 4. The quantitative estimate of drug-likeness (QED) is 0.297. The van der Waals surface area contributed by atoms with Crippen LogP contribution < -0.4 is 27.8 Å². The van der Waals surface area contributed by atoms with Crippen LogP contribution in [-0.4, -0.2) is 34.3 Å². The third-order valence-corrected chi connectivity index (χ3v) is 4.24. The Hall–Kier alpha value is -3.36. The first kappa shape index (κ1) is 16.5. The summed E-state index contributed by atoms with van der Waals surface area (Å²) < 4.78 is 0. The number of aromatic nitrogens is 2. The fourth-order valence-electron chi connectivity index (χ4n) is 3.05. The summed E-state index contributed by atoms with van der Waals surface area (Å²) in [4.78, 5) is 22.0. The number of anilines is 3. The minimum atomic E-state index is -0.396. The van der Waals surface area contributed by atoms with Crippen molar-refractivity contribution in [3.63, 3.8) is 0 Å². The Balaban J connectivity index is 2.01. The summed E-state index contributed by atoms with van der Waals surface area (Å²) in [7, 11) is 0. The van der Waals surface area contributed by atoms with Gasteiger partial charge in [-0.2, -0.15) is 4.98 Å². The molecule has 1 aromatic carbocycles. The van der Waals surface area contributed by atoms with Gasteiger partial charge in [-0.3, -0.25) is 10.2 Å². The summed E-state index contributed by atoms with van der Waals surface area (Å²) in [5.41, 5.74) is 24.9. The van der Waals surface area contributed by atoms with Gasteiger partial charge in [0.2, 0.25) is 11.9 Å². The first-order chi connectivity index (χ1) is 11.9. The molecule has 1 amide bonds. The number of nitrogens with zero attached hydrogens (tertiary/aromatic N) is 3. The maximum absolute atomic E-state index is 11.6. The van der Waals surface area contributed by atoms with Gasteiger partial charge in [0.15, 0.2) is 0 Å². The van der Waals surface area contributed by atoms with Crippen LogP contribution in [0.2, 0.25) is 0 Å². The molecule has 1 fully saturated rings. The lowest BCUT2D eigenvalue weighted by atomic mass is 10.1. The zero-order valence-corrected chi connectivity index (χ0v) is 13.6. The molecule has 1 saturated heterocycles. The van der Waals surface area contributed by atoms with Crippen molar-refractivity contribution in [3.8, 4) is 11.3 Å². The summed E-state index contributed by atoms with van der Waals surface area (Å²) in [6.45, 7) is 0.676. The van der Waals surface area contributed by atoms with Gasteiger partial charge >= 0.3 is 0 Å². The molecule has 9 heteroatoms. The van der Waals surface area contributed by atoms with Gasteiger partial charge in [0.1, 0.15) is 17.7 Å². The molecule has 0 aliphatic carbocycles. The second kappa shape index (κ2) is 6.27. The van der Waals surface area contributed by atoms with Gasteiger partial charge in [-0.25, -0.2) is 4.98 Å². The zero-order chi connectivity index (χ0) is 18.1. The number of primary amides is 1. The van der Waals surface area contributed by atoms with Crippen molar-refractivity contribution >= 4 is 29.2 Å². The number of amidine groups is 1. The Morgan fingerprint density at radius 2 is 1.96 bits per heavy atom. The van der Waals surface area contributed by atoms with Gasteiger partial charge in [0.05, 0.1) is 5.69 Å². The SMILES string of the molecule is N=C(N)c1ccc(-c2cc(N3CCCC3C(N)=O)nc(N)n2)cc1N. The number of nitrogen functional groups attached to an aromatic ring is 3. The molecule has 9 nitrogen and oxygen atoms in total. The normalized spacial score (nSPS) is 16.8. The fourth-order valence-corrected chi connectivity index (χ4v) is 3.05. The zero-order valence-electron chi connectivity index (χ0n) is 13.6. The highest BCUT2D eigenvalue weighted by molar-refractivity contribution is 6.00. The van der Waals surface area contributed by atoms with Gasteiger partial charge in [-0.05, 0) is 25.0 Å². The maximum Gasteiger partial charge on any atom is 0.240 e. The molecule has 1 aliphatic rings. The molecule has 0 bridgehead atoms. The number of carbonyl (C=O) groups excluding carboxylic acids is 1. The van der Waals surface area contributed by atoms with Crippen LogP contribution in [0, 0.1) is 5.41 Å². The summed E-state index contributed by atoms with van der Waals surface area (Å²) in [6.07, 6.45) is 1.54. The second-order valence-electron chi connectivity index (χ2n) is 5.94. The number of carbonyl (C=O) groups is 1. The summed E-state index contributed by atoms with van der Waals surface area (Å²) >= 11 is 0. The standard InChI is InChI=1S/C16H20N8O/c17-10-6-8(3-4-9(10)14(18)19)11-7-13(23-16(21)22-11)24-5-1-2-12(24)15(20)25/h3-4,6-7,12H,1-2,5,17H2,(H3,18,19)(H2,20,25)(H2,21,22,23). The van der Waals surface area contributed by atoms with E-state index in [-0.39, 0.29) is 17.7 Å². The molecule has 9 N–H and O–H groups in total. The van der Waals surface area contributed by atoms with Gasteiger partial charge in [0.25, 0.3) is 0 Å². The second-order valence-corrected chi connectivity index (χ2v) is 5.94. The predicted octanol–water partition coefficient (Wildman–Crippen LogP) is 0.0462. The van der Waals surface area contributed by atoms with E-state index in [0.717, 1.165) is 6.42 Å². The van der Waals surface area contributed by atoms with E-state index in [4.69, 9.17) is 28.3 Å². The topological polar surface area (TPSA) is 174 Å². The lowest BCUT2D eigenvalue weighted by Gasteiger charge is -2.23. The van der Waals surface area contributed by atoms with Crippen LogP contribution in [0.5, 0.6) is 0 Å². The van der Waals surface area contributed by atoms with Gasteiger partial charge in [0, 0.05) is 29.4 Å². The number of hydrogen-bond donors (Lipinski definition) is 5. The Morgan fingerprint density at radius 1 is 1.20 bits per heavy atom. The van der Waals surface area contributed by atoms with E-state index in [1.807, 2.05) is 4.90 Å². The highest BCUT2D eigenvalue weighted by atomic mass is 16.1. The molecule has 2 heterocycles. The van der Waals surface area contributed by atoms with Crippen molar-refractivity contribution in [1.29, 1.82) is 5.41 Å². The molecule has 1 aromatic heterocycles. The van der Waals surface area contributed by atoms with Gasteiger partial charge in [-0.15, -0.1) is 0 Å². The summed E-state index contributed by atoms with van der Waals surface area (Å²) in [5, 5.41) is 7.50. The average molecular weight is 340 g/mol. The molecule has 130 valence electrons. The van der Waals surface area contributed by atoms with E-state index >= 15 is 0 Å². The van der Waals surface area contributed by atoms with E-state index in [1.165, 1.54) is 0 Å². The molecule has 1 atom stereocenters. The minimum Gasteiger partial charge on any atom is -0.398 e. The van der Waals surface area contributed by atoms with E-state index < -0.39 is 6.04 Å². The number of amides is 1. The van der Waals surface area contributed by atoms with E-state index in [1.54, 1.807) is 24.3 Å². The summed E-state index contributed by atoms with van der Waals surface area (Å²) in [5.74, 6) is 0.162. The Bertz CT molecular complexity index is 850. The third-order valence-electron chi connectivity index (χ3n) is 4.24. The predicted molar refractivity (Wildman–Crippen MR) is 96.9 cm³/mol. The molecule has 0 saturated carbocycles. The van der Waals surface area contributed by atoms with Crippen molar-refractivity contribution in [3.05, 3.63) is 29.8 Å². The first-order valence-electron chi connectivity index (χ1n) is 7.81. The monoisotopic (exact) mass is 340 g/mol. The number of rotatable bonds is 4. The van der Waals surface area contributed by atoms with Gasteiger partial charge < -0.3 is 27.8 Å². The Kier molecular flexibility index (Phi) is 4.14. The first-order valence-corrected chi connectivity index (χ1v) is 7.81. The minimum absolute atomic E-state index is 0.0943. The third kappa shape index (κ3) is 3.16. The molecule has 0 radical (unpaired) electrons. The molecule has 3 rings (SSSR count). The molecule has 1 aliphatic heterocycles. The van der Waals surface area contributed by atoms with E-state index in [2.05, 4.69) is 9.97 Å². The maximum atomic E-state index is 11.6. The lowest BCUT2D eigenvalue weighted by molar-refractivity contribution is -0.119. The van der Waals surface area contributed by atoms with E-state index in [9.17, 15) is 4.79 Å². The summed E-state index contributed by atoms with van der Waals surface area (Å²) in [6, 6.07) is 6.45. The van der Waals surface area contributed by atoms with Crippen LogP contribution in [0.25, 0.3) is 11.3 Å². The van der Waals surface area contributed by atoms with Crippen LogP contribution >= 0.6 is 0 Å². The van der Waals surface area contributed by atoms with Crippen LogP contribution in [-0.2, 0) is 4.79 Å². The molecule has 1 unspecified atom stereocenters. The average Bonchev–Trinajstić information content (AvgIpc) is 3.03. The van der Waals surface area contributed by atoms with Crippen LogP contribution in [0.3, 0.4) is 0 Å². The highest BCUT2D eigenvalue weighted by Gasteiger charge is 2.30. The van der Waals surface area contributed by atoms with Crippen molar-refractivity contribution in [2.45, 2.75) is 18.9 Å². The molecule has 2 aromatic rings. The van der Waals surface area contributed by atoms with Crippen LogP contribution in [0.1, 0.15) is 18.4 Å². The largest absolute Gasteiger partial charge is 0.398 e. The smallest absolute Gasteiger partial charge is 0.240 e. The Labute approximate surface area is 144 Å². The van der Waals surface area contributed by atoms with Crippen molar-refractivity contribution in [2.24, 2.45) is 11.5 Å². The Morgan fingerprint density at radius 3 is 2.60 bits per heavy atom. The lowest BCUT2D eigenvalue weighted by Crippen LogP contribution is -2.40. The number of nitrogens with one attached hydrogen (secondary N) is 1. The van der Waals surface area contributed by atoms with Crippen molar-refractivity contribution in [1.82, 2.24) is 9.97 Å². The van der Waals surface area contributed by atoms with Crippen molar-refractivity contribution < 1.29 is 4.79 Å². The van der Waals surface area contributed by atoms with Gasteiger partial charge in [-0.1, -0.05) is 6.07 Å². The van der Waals surface area contributed by atoms with E-state index in [0.29, 0.717) is 41.3 Å². The fraction of sp³-hybridized carbons (Fsp3) is 0.250. The molecule has 25 heavy (non-hydrogen) atoms. The van der Waals surface area contributed by atoms with Crippen molar-refractivity contribution in [2.75, 3.05) is 22.9 Å². The number of hydrogen-bond acceptors (Lipinski definition) is 7. The molecular formula is C16H20N8O. The highest BCUT2D eigenvalue weighted by Crippen LogP contribution is 2.29. The van der Waals surface area contributed by atoms with Crippen LogP contribution in [0.15, 0.2) is 24.3 Å². The van der Waals surface area contributed by atoms with Crippen LogP contribution in [0.4, 0.5) is 17.5 Å². The number of benzene rings is 1. The molecule has 0 spiro atoms.